The van der Waals surface area contributed by atoms with E-state index in [-0.39, 0.29) is 13.3 Å². The maximum absolute atomic E-state index is 12.2. The van der Waals surface area contributed by atoms with Crippen LogP contribution >= 0.6 is 0 Å². The highest BCUT2D eigenvalue weighted by Crippen LogP contribution is 2.17. The zero-order chi connectivity index (χ0) is 14.7. The number of carbonyl (C=O) groups is 1. The van der Waals surface area contributed by atoms with Crippen molar-refractivity contribution in [3.05, 3.63) is 54.3 Å². The maximum atomic E-state index is 12.2. The Morgan fingerprint density at radius 2 is 2.27 bits per heavy atom. The number of rotatable bonds is 4. The van der Waals surface area contributed by atoms with Gasteiger partial charge >= 0.3 is 0 Å². The van der Waals surface area contributed by atoms with Crippen LogP contribution in [0.25, 0.3) is 11.3 Å². The van der Waals surface area contributed by atoms with Crippen LogP contribution in [0, 0.1) is 0 Å². The van der Waals surface area contributed by atoms with E-state index >= 15 is 0 Å². The molecular weight excluding hydrogens is 282 g/mol. The molecule has 0 aliphatic heterocycles. The molecule has 0 saturated carbocycles. The van der Waals surface area contributed by atoms with Crippen molar-refractivity contribution in [3.8, 4) is 11.3 Å². The number of hydrogen-bond acceptors (Lipinski definition) is 5. The largest absolute Gasteiger partial charge is 0.364 e. The molecule has 3 rings (SSSR count). The van der Waals surface area contributed by atoms with Crippen molar-refractivity contribution in [2.24, 2.45) is 7.05 Å². The lowest BCUT2D eigenvalue weighted by Crippen LogP contribution is -2.25. The average molecular weight is 299 g/mol. The number of pyridine rings is 1. The summed E-state index contributed by atoms with van der Waals surface area (Å²) in [5.74, 6) is -0.219. The lowest BCUT2D eigenvalue weighted by atomic mass is 10.2. The first-order valence-electron chi connectivity index (χ1n) is 6.36. The van der Waals surface area contributed by atoms with Crippen molar-refractivity contribution >= 4 is 5.91 Å². The standard InChI is InChI=1S/C14H13N5O2.CH4/c1-19-13(14(20)16-9-11-4-6-21-18-11)7-12(17-19)10-3-2-5-15-8-10;/h2-8H,9H2,1H3,(H,16,20);1H4. The van der Waals surface area contributed by atoms with E-state index < -0.39 is 0 Å². The van der Waals surface area contributed by atoms with E-state index in [1.807, 2.05) is 12.1 Å². The Kier molecular flexibility index (Phi) is 4.67. The van der Waals surface area contributed by atoms with Crippen LogP contribution in [0.3, 0.4) is 0 Å². The van der Waals surface area contributed by atoms with Crippen LogP contribution in [0.1, 0.15) is 23.6 Å². The molecule has 114 valence electrons. The first-order chi connectivity index (χ1) is 10.2. The van der Waals surface area contributed by atoms with Crippen LogP contribution in [0.2, 0.25) is 0 Å². The Morgan fingerprint density at radius 3 is 2.95 bits per heavy atom. The minimum Gasteiger partial charge on any atom is -0.364 e. The van der Waals surface area contributed by atoms with E-state index in [9.17, 15) is 4.79 Å². The smallest absolute Gasteiger partial charge is 0.269 e. The second-order valence-electron chi connectivity index (χ2n) is 4.45. The maximum Gasteiger partial charge on any atom is 0.269 e. The van der Waals surface area contributed by atoms with Gasteiger partial charge in [0, 0.05) is 31.1 Å². The van der Waals surface area contributed by atoms with Gasteiger partial charge in [0.2, 0.25) is 0 Å². The molecule has 7 heteroatoms. The number of carbonyl (C=O) groups excluding carboxylic acids is 1. The zero-order valence-electron chi connectivity index (χ0n) is 11.4. The van der Waals surface area contributed by atoms with Crippen LogP contribution in [-0.2, 0) is 13.6 Å². The summed E-state index contributed by atoms with van der Waals surface area (Å²) in [6.45, 7) is 0.308. The van der Waals surface area contributed by atoms with Crippen LogP contribution in [0.4, 0.5) is 0 Å². The van der Waals surface area contributed by atoms with E-state index in [0.29, 0.717) is 23.6 Å². The Labute approximate surface area is 128 Å². The summed E-state index contributed by atoms with van der Waals surface area (Å²) in [5, 5.41) is 10.8. The molecule has 3 aromatic heterocycles. The molecule has 7 nitrogen and oxygen atoms in total. The Balaban J connectivity index is 0.00000176. The molecule has 0 aliphatic carbocycles. The fourth-order valence-electron chi connectivity index (χ4n) is 1.93. The van der Waals surface area contributed by atoms with Crippen molar-refractivity contribution in [3.63, 3.8) is 0 Å². The summed E-state index contributed by atoms with van der Waals surface area (Å²) >= 11 is 0. The van der Waals surface area contributed by atoms with Crippen LogP contribution < -0.4 is 5.32 Å². The molecule has 0 aromatic carbocycles. The third-order valence-electron chi connectivity index (χ3n) is 2.99. The van der Waals surface area contributed by atoms with Gasteiger partial charge < -0.3 is 9.84 Å². The summed E-state index contributed by atoms with van der Waals surface area (Å²) in [5.41, 5.74) is 2.70. The third kappa shape index (κ3) is 3.20. The number of nitrogens with one attached hydrogen (secondary N) is 1. The Morgan fingerprint density at radius 1 is 1.41 bits per heavy atom. The average Bonchev–Trinajstić information content (AvgIpc) is 3.15. The van der Waals surface area contributed by atoms with Crippen LogP contribution in [0.15, 0.2) is 47.4 Å². The van der Waals surface area contributed by atoms with Crippen molar-refractivity contribution in [2.75, 3.05) is 0 Å². The van der Waals surface area contributed by atoms with Gasteiger partial charge in [0.25, 0.3) is 5.91 Å². The molecule has 3 aromatic rings. The Hall–Kier alpha value is -2.96. The van der Waals surface area contributed by atoms with Crippen LogP contribution in [-0.4, -0.2) is 25.8 Å². The van der Waals surface area contributed by atoms with E-state index in [2.05, 4.69) is 20.6 Å². The summed E-state index contributed by atoms with van der Waals surface area (Å²) in [6.07, 6.45) is 4.86. The monoisotopic (exact) mass is 299 g/mol. The zero-order valence-corrected chi connectivity index (χ0v) is 11.4. The minimum absolute atomic E-state index is 0. The van der Waals surface area contributed by atoms with Crippen molar-refractivity contribution in [1.29, 1.82) is 0 Å². The number of aromatic nitrogens is 4. The lowest BCUT2D eigenvalue weighted by molar-refractivity contribution is 0.0940. The van der Waals surface area contributed by atoms with Gasteiger partial charge in [0.05, 0.1) is 12.2 Å². The molecule has 1 N–H and O–H groups in total. The summed E-state index contributed by atoms with van der Waals surface area (Å²) in [7, 11) is 1.73. The summed E-state index contributed by atoms with van der Waals surface area (Å²) in [4.78, 5) is 16.2. The van der Waals surface area contributed by atoms with E-state index in [4.69, 9.17) is 4.52 Å². The third-order valence-corrected chi connectivity index (χ3v) is 2.99. The quantitative estimate of drug-likeness (QED) is 0.796. The first kappa shape index (κ1) is 15.4. The second-order valence-corrected chi connectivity index (χ2v) is 4.45. The van der Waals surface area contributed by atoms with E-state index in [0.717, 1.165) is 5.56 Å². The molecule has 0 atom stereocenters. The molecule has 0 bridgehead atoms. The number of aryl methyl sites for hydroxylation is 1. The molecule has 0 saturated heterocycles. The van der Waals surface area contributed by atoms with Gasteiger partial charge in [-0.25, -0.2) is 0 Å². The molecule has 0 radical (unpaired) electrons. The van der Waals surface area contributed by atoms with Crippen LogP contribution in [0.5, 0.6) is 0 Å². The van der Waals surface area contributed by atoms with E-state index in [1.54, 1.807) is 36.3 Å². The fourth-order valence-corrected chi connectivity index (χ4v) is 1.93. The van der Waals surface area contributed by atoms with Gasteiger partial charge in [-0.3, -0.25) is 14.5 Å². The fraction of sp³-hybridized carbons (Fsp3) is 0.200. The molecule has 3 heterocycles. The van der Waals surface area contributed by atoms with Gasteiger partial charge in [-0.15, -0.1) is 0 Å². The van der Waals surface area contributed by atoms with Crippen molar-refractivity contribution < 1.29 is 9.32 Å². The molecule has 0 aliphatic rings. The summed E-state index contributed by atoms with van der Waals surface area (Å²) in [6, 6.07) is 7.15. The molecular formula is C15H17N5O2. The van der Waals surface area contributed by atoms with Gasteiger partial charge in [0.1, 0.15) is 17.7 Å². The molecule has 0 unspecified atom stereocenters. The molecule has 0 spiro atoms. The van der Waals surface area contributed by atoms with Gasteiger partial charge in [-0.1, -0.05) is 12.6 Å². The molecule has 22 heavy (non-hydrogen) atoms. The molecule has 0 fully saturated rings. The first-order valence-corrected chi connectivity index (χ1v) is 6.36. The minimum atomic E-state index is -0.219. The summed E-state index contributed by atoms with van der Waals surface area (Å²) < 4.78 is 6.25. The van der Waals surface area contributed by atoms with Gasteiger partial charge in [0.15, 0.2) is 0 Å². The predicted octanol–water partition coefficient (Wildman–Crippen LogP) is 2.04. The SMILES string of the molecule is C.Cn1nc(-c2cccnc2)cc1C(=O)NCc1ccon1. The highest BCUT2D eigenvalue weighted by atomic mass is 16.5. The number of nitrogens with zero attached hydrogens (tertiary/aromatic N) is 4. The lowest BCUT2D eigenvalue weighted by Gasteiger charge is -2.02. The number of hydrogen-bond donors (Lipinski definition) is 1. The topological polar surface area (TPSA) is 85.8 Å². The van der Waals surface area contributed by atoms with Crippen molar-refractivity contribution in [2.45, 2.75) is 14.0 Å². The normalized spacial score (nSPS) is 10.0. The second kappa shape index (κ2) is 6.66. The Bertz CT molecular complexity index is 735. The highest BCUT2D eigenvalue weighted by molar-refractivity contribution is 5.93. The van der Waals surface area contributed by atoms with Gasteiger partial charge in [-0.05, 0) is 18.2 Å². The number of amides is 1. The van der Waals surface area contributed by atoms with Gasteiger partial charge in [-0.2, -0.15) is 5.10 Å². The van der Waals surface area contributed by atoms with Crippen molar-refractivity contribution in [1.82, 2.24) is 25.2 Å². The van der Waals surface area contributed by atoms with E-state index in [1.165, 1.54) is 6.26 Å². The molecule has 1 amide bonds. The highest BCUT2D eigenvalue weighted by Gasteiger charge is 2.14. The predicted molar refractivity (Wildman–Crippen MR) is 80.8 cm³/mol.